The number of carbonyl (C=O) groups excluding carboxylic acids is 1. The van der Waals surface area contributed by atoms with Crippen LogP contribution in [0.25, 0.3) is 0 Å². The van der Waals surface area contributed by atoms with Gasteiger partial charge in [0.2, 0.25) is 5.82 Å². The molecular weight excluding hydrogens is 256 g/mol. The lowest BCUT2D eigenvalue weighted by atomic mass is 10.3. The summed E-state index contributed by atoms with van der Waals surface area (Å²) >= 11 is 1.09. The van der Waals surface area contributed by atoms with Crippen molar-refractivity contribution in [2.45, 2.75) is 30.5 Å². The van der Waals surface area contributed by atoms with Gasteiger partial charge in [0.25, 0.3) is 0 Å². The first kappa shape index (κ1) is 14.4. The van der Waals surface area contributed by atoms with Crippen molar-refractivity contribution in [1.29, 1.82) is 0 Å². The van der Waals surface area contributed by atoms with E-state index in [0.717, 1.165) is 11.8 Å². The number of carbonyl (C=O) groups is 2. The molecule has 0 aliphatic rings. The van der Waals surface area contributed by atoms with Gasteiger partial charge in [-0.1, -0.05) is 18.7 Å². The Morgan fingerprint density at radius 3 is 2.67 bits per heavy atom. The van der Waals surface area contributed by atoms with Crippen molar-refractivity contribution in [1.82, 2.24) is 9.97 Å². The lowest BCUT2D eigenvalue weighted by molar-refractivity contribution is -0.136. The second-order valence-electron chi connectivity index (χ2n) is 3.52. The van der Waals surface area contributed by atoms with Gasteiger partial charge in [-0.2, -0.15) is 0 Å². The zero-order valence-electron chi connectivity index (χ0n) is 10.3. The van der Waals surface area contributed by atoms with E-state index in [4.69, 9.17) is 5.11 Å². The predicted octanol–water partition coefficient (Wildman–Crippen LogP) is 1.53. The molecule has 1 aromatic rings. The fourth-order valence-electron chi connectivity index (χ4n) is 1.24. The maximum Gasteiger partial charge on any atom is 0.376 e. The number of aromatic nitrogens is 2. The van der Waals surface area contributed by atoms with E-state index in [0.29, 0.717) is 17.1 Å². The Bertz CT molecular complexity index is 464. The lowest BCUT2D eigenvalue weighted by Crippen LogP contribution is -2.16. The third-order valence-corrected chi connectivity index (χ3v) is 3.38. The summed E-state index contributed by atoms with van der Waals surface area (Å²) in [5, 5.41) is 8.84. The first-order chi connectivity index (χ1) is 8.47. The molecule has 0 radical (unpaired) electrons. The minimum Gasteiger partial charge on any atom is -0.480 e. The Morgan fingerprint density at radius 1 is 1.50 bits per heavy atom. The van der Waals surface area contributed by atoms with Crippen molar-refractivity contribution in [3.05, 3.63) is 17.6 Å². The molecule has 1 aromatic heterocycles. The van der Waals surface area contributed by atoms with Crippen LogP contribution in [0.3, 0.4) is 0 Å². The molecule has 0 aliphatic carbocycles. The summed E-state index contributed by atoms with van der Waals surface area (Å²) in [7, 11) is 1.24. The third kappa shape index (κ3) is 3.69. The second-order valence-corrected chi connectivity index (χ2v) is 4.74. The molecule has 98 valence electrons. The molecule has 1 atom stereocenters. The number of thioether (sulfide) groups is 1. The van der Waals surface area contributed by atoms with Gasteiger partial charge in [0.1, 0.15) is 10.3 Å². The summed E-state index contributed by atoms with van der Waals surface area (Å²) in [6.07, 6.45) is 0.469. The molecule has 0 fully saturated rings. The highest BCUT2D eigenvalue weighted by molar-refractivity contribution is 8.00. The van der Waals surface area contributed by atoms with Gasteiger partial charge < -0.3 is 9.84 Å². The molecule has 0 saturated carbocycles. The van der Waals surface area contributed by atoms with Crippen LogP contribution >= 0.6 is 11.8 Å². The van der Waals surface area contributed by atoms with E-state index in [1.54, 1.807) is 19.9 Å². The van der Waals surface area contributed by atoms with E-state index in [9.17, 15) is 9.59 Å². The van der Waals surface area contributed by atoms with Crippen LogP contribution in [0.5, 0.6) is 0 Å². The Labute approximate surface area is 109 Å². The molecule has 7 heteroatoms. The van der Waals surface area contributed by atoms with Crippen molar-refractivity contribution in [3.8, 4) is 0 Å². The zero-order valence-corrected chi connectivity index (χ0v) is 11.2. The minimum absolute atomic E-state index is 0.0553. The number of aliphatic carboxylic acids is 1. The van der Waals surface area contributed by atoms with Crippen molar-refractivity contribution in [2.75, 3.05) is 7.11 Å². The van der Waals surface area contributed by atoms with Gasteiger partial charge >= 0.3 is 11.9 Å². The van der Waals surface area contributed by atoms with Gasteiger partial charge in [-0.3, -0.25) is 4.79 Å². The highest BCUT2D eigenvalue weighted by Crippen LogP contribution is 2.24. The Balaban J connectivity index is 2.99. The van der Waals surface area contributed by atoms with Gasteiger partial charge in [0, 0.05) is 5.69 Å². The number of rotatable bonds is 5. The van der Waals surface area contributed by atoms with E-state index < -0.39 is 17.2 Å². The van der Waals surface area contributed by atoms with Crippen molar-refractivity contribution < 1.29 is 19.4 Å². The van der Waals surface area contributed by atoms with E-state index in [2.05, 4.69) is 14.7 Å². The smallest absolute Gasteiger partial charge is 0.376 e. The molecular formula is C11H14N2O4S. The van der Waals surface area contributed by atoms with Crippen LogP contribution in [0.15, 0.2) is 11.1 Å². The largest absolute Gasteiger partial charge is 0.480 e. The number of nitrogens with zero attached hydrogens (tertiary/aromatic N) is 2. The topological polar surface area (TPSA) is 89.4 Å². The quantitative estimate of drug-likeness (QED) is 0.493. The Kier molecular flexibility index (Phi) is 5.08. The highest BCUT2D eigenvalue weighted by atomic mass is 32.2. The summed E-state index contributed by atoms with van der Waals surface area (Å²) < 4.78 is 4.54. The van der Waals surface area contributed by atoms with Gasteiger partial charge in [0.05, 0.1) is 7.11 Å². The molecule has 1 rings (SSSR count). The maximum atomic E-state index is 11.3. The first-order valence-electron chi connectivity index (χ1n) is 5.31. The summed E-state index contributed by atoms with van der Waals surface area (Å²) in [6.45, 7) is 3.49. The van der Waals surface area contributed by atoms with Gasteiger partial charge in [0.15, 0.2) is 0 Å². The van der Waals surface area contributed by atoms with Gasteiger partial charge in [-0.25, -0.2) is 14.8 Å². The van der Waals surface area contributed by atoms with Crippen LogP contribution in [0.4, 0.5) is 0 Å². The summed E-state index contributed by atoms with van der Waals surface area (Å²) in [5.74, 6) is -1.59. The molecule has 1 unspecified atom stereocenters. The van der Waals surface area contributed by atoms with E-state index in [1.165, 1.54) is 7.11 Å². The first-order valence-corrected chi connectivity index (χ1v) is 6.19. The number of carboxylic acids is 1. The number of ether oxygens (including phenoxy) is 1. The summed E-state index contributed by atoms with van der Waals surface area (Å²) in [6, 6.07) is 1.64. The number of hydrogen-bond acceptors (Lipinski definition) is 6. The molecule has 0 saturated heterocycles. The molecule has 0 bridgehead atoms. The highest BCUT2D eigenvalue weighted by Gasteiger charge is 2.19. The number of carboxylic acid groups (broad SMARTS) is 1. The SMILES string of the molecule is CCC(Sc1cc(C)nc(C(=O)OC)n1)C(=O)O. The molecule has 0 amide bonds. The minimum atomic E-state index is -0.904. The summed E-state index contributed by atoms with van der Waals surface area (Å²) in [4.78, 5) is 30.2. The maximum absolute atomic E-state index is 11.3. The van der Waals surface area contributed by atoms with Crippen LogP contribution in [0.1, 0.15) is 29.7 Å². The Hall–Kier alpha value is -1.63. The standard InChI is InChI=1S/C11H14N2O4S/c1-4-7(10(14)15)18-8-5-6(2)12-9(13-8)11(16)17-3/h5,7H,4H2,1-3H3,(H,14,15). The molecule has 6 nitrogen and oxygen atoms in total. The van der Waals surface area contributed by atoms with Gasteiger partial charge in [-0.05, 0) is 19.4 Å². The second kappa shape index (κ2) is 6.34. The van der Waals surface area contributed by atoms with Crippen LogP contribution in [0, 0.1) is 6.92 Å². The zero-order chi connectivity index (χ0) is 13.7. The van der Waals surface area contributed by atoms with Crippen LogP contribution in [-0.4, -0.2) is 39.4 Å². The van der Waals surface area contributed by atoms with E-state index in [1.807, 2.05) is 0 Å². The van der Waals surface area contributed by atoms with Crippen molar-refractivity contribution in [3.63, 3.8) is 0 Å². The van der Waals surface area contributed by atoms with Crippen LogP contribution in [0.2, 0.25) is 0 Å². The number of methoxy groups -OCH3 is 1. The number of esters is 1. The lowest BCUT2D eigenvalue weighted by Gasteiger charge is -2.09. The average Bonchev–Trinajstić information content (AvgIpc) is 2.33. The van der Waals surface area contributed by atoms with E-state index in [-0.39, 0.29) is 5.82 Å². The summed E-state index contributed by atoms with van der Waals surface area (Å²) in [5.41, 5.74) is 0.591. The normalized spacial score (nSPS) is 11.9. The molecule has 1 heterocycles. The van der Waals surface area contributed by atoms with Crippen LogP contribution in [-0.2, 0) is 9.53 Å². The fraction of sp³-hybridized carbons (Fsp3) is 0.455. The molecule has 1 N–H and O–H groups in total. The predicted molar refractivity (Wildman–Crippen MR) is 65.7 cm³/mol. The number of aryl methyl sites for hydroxylation is 1. The number of hydrogen-bond donors (Lipinski definition) is 1. The average molecular weight is 270 g/mol. The van der Waals surface area contributed by atoms with E-state index >= 15 is 0 Å². The fourth-order valence-corrected chi connectivity index (χ4v) is 2.17. The third-order valence-electron chi connectivity index (χ3n) is 2.11. The molecule has 0 spiro atoms. The molecule has 0 aromatic carbocycles. The van der Waals surface area contributed by atoms with Gasteiger partial charge in [-0.15, -0.1) is 0 Å². The van der Waals surface area contributed by atoms with Crippen molar-refractivity contribution in [2.24, 2.45) is 0 Å². The molecule has 0 aliphatic heterocycles. The van der Waals surface area contributed by atoms with Crippen LogP contribution < -0.4 is 0 Å². The van der Waals surface area contributed by atoms with Crippen molar-refractivity contribution >= 4 is 23.7 Å². The Morgan fingerprint density at radius 2 is 2.17 bits per heavy atom. The molecule has 18 heavy (non-hydrogen) atoms. The monoisotopic (exact) mass is 270 g/mol.